The first-order valence-electron chi connectivity index (χ1n) is 10.9. The zero-order valence-electron chi connectivity index (χ0n) is 16.8. The lowest BCUT2D eigenvalue weighted by Crippen LogP contribution is -2.63. The van der Waals surface area contributed by atoms with E-state index in [9.17, 15) is 0 Å². The number of fused-ring (bicyclic) bond motifs is 2. The van der Waals surface area contributed by atoms with Crippen LogP contribution in [-0.4, -0.2) is 34.6 Å². The molecule has 1 aromatic carbocycles. The molecule has 3 N–H and O–H groups in total. The molecule has 3 aliphatic rings. The van der Waals surface area contributed by atoms with Crippen LogP contribution in [0.5, 0.6) is 0 Å². The van der Waals surface area contributed by atoms with E-state index < -0.39 is 0 Å². The third-order valence-electron chi connectivity index (χ3n) is 6.86. The average molecular weight is 378 g/mol. The Labute approximate surface area is 167 Å². The number of nitrogens with zero attached hydrogens (tertiary/aromatic N) is 3. The van der Waals surface area contributed by atoms with Crippen LogP contribution in [0.25, 0.3) is 0 Å². The molecule has 5 rings (SSSR count). The van der Waals surface area contributed by atoms with Gasteiger partial charge < -0.3 is 16.0 Å². The standard InChI is InChI=1S/C23H31N5/c1-15-14-28(20-13-6-5-12-19(20)25-15)22-18-11-7-10-17(16-8-3-2-4-9-16)21(18)26-23(24)27-22/h2-4,8-9,15,17,19-20,25H,5-7,10-14H2,1H3,(H2,24,26,27). The highest BCUT2D eigenvalue weighted by Gasteiger charge is 2.38. The zero-order valence-corrected chi connectivity index (χ0v) is 16.8. The first-order valence-corrected chi connectivity index (χ1v) is 10.9. The highest BCUT2D eigenvalue weighted by Crippen LogP contribution is 2.41. The Kier molecular flexibility index (Phi) is 4.71. The molecular formula is C23H31N5. The molecular weight excluding hydrogens is 346 g/mol. The number of rotatable bonds is 2. The summed E-state index contributed by atoms with van der Waals surface area (Å²) in [5.41, 5.74) is 10.1. The summed E-state index contributed by atoms with van der Waals surface area (Å²) in [7, 11) is 0. The average Bonchev–Trinajstić information content (AvgIpc) is 2.72. The fraction of sp³-hybridized carbons (Fsp3) is 0.565. The Balaban J connectivity index is 1.58. The Hall–Kier alpha value is -2.14. The lowest BCUT2D eigenvalue weighted by atomic mass is 9.81. The van der Waals surface area contributed by atoms with Crippen LogP contribution < -0.4 is 16.0 Å². The summed E-state index contributed by atoms with van der Waals surface area (Å²) in [6.07, 6.45) is 8.52. The molecule has 1 saturated carbocycles. The molecule has 0 spiro atoms. The molecule has 1 aromatic heterocycles. The third kappa shape index (κ3) is 3.16. The normalized spacial score (nSPS) is 29.8. The van der Waals surface area contributed by atoms with Gasteiger partial charge in [-0.1, -0.05) is 43.2 Å². The van der Waals surface area contributed by atoms with Gasteiger partial charge in [-0.2, -0.15) is 4.98 Å². The Bertz CT molecular complexity index is 836. The number of anilines is 2. The molecule has 2 aliphatic carbocycles. The fourth-order valence-electron chi connectivity index (χ4n) is 5.67. The van der Waals surface area contributed by atoms with Crippen molar-refractivity contribution >= 4 is 11.8 Å². The van der Waals surface area contributed by atoms with Crippen molar-refractivity contribution in [3.63, 3.8) is 0 Å². The number of hydrogen-bond donors (Lipinski definition) is 2. The Morgan fingerprint density at radius 3 is 2.71 bits per heavy atom. The van der Waals surface area contributed by atoms with Gasteiger partial charge in [0.05, 0.1) is 5.69 Å². The summed E-state index contributed by atoms with van der Waals surface area (Å²) in [6, 6.07) is 12.3. The van der Waals surface area contributed by atoms with E-state index in [1.54, 1.807) is 0 Å². The highest BCUT2D eigenvalue weighted by atomic mass is 15.3. The van der Waals surface area contributed by atoms with Crippen molar-refractivity contribution in [2.24, 2.45) is 0 Å². The number of benzene rings is 1. The second-order valence-corrected chi connectivity index (χ2v) is 8.80. The maximum atomic E-state index is 6.27. The van der Waals surface area contributed by atoms with Crippen molar-refractivity contribution in [1.82, 2.24) is 15.3 Å². The summed E-state index contributed by atoms with van der Waals surface area (Å²) in [6.45, 7) is 3.29. The van der Waals surface area contributed by atoms with E-state index in [1.165, 1.54) is 48.9 Å². The number of nitrogens with two attached hydrogens (primary N) is 1. The van der Waals surface area contributed by atoms with Gasteiger partial charge in [-0.3, -0.25) is 0 Å². The van der Waals surface area contributed by atoms with Crippen LogP contribution in [0.1, 0.15) is 68.2 Å². The second-order valence-electron chi connectivity index (χ2n) is 8.80. The van der Waals surface area contributed by atoms with Crippen LogP contribution in [0.3, 0.4) is 0 Å². The van der Waals surface area contributed by atoms with E-state index in [-0.39, 0.29) is 0 Å². The van der Waals surface area contributed by atoms with Crippen molar-refractivity contribution in [3.8, 4) is 0 Å². The molecule has 28 heavy (non-hydrogen) atoms. The van der Waals surface area contributed by atoms with E-state index in [1.807, 2.05) is 0 Å². The molecule has 0 amide bonds. The van der Waals surface area contributed by atoms with Gasteiger partial charge >= 0.3 is 0 Å². The van der Waals surface area contributed by atoms with Crippen molar-refractivity contribution < 1.29 is 0 Å². The predicted octanol–water partition coefficient (Wildman–Crippen LogP) is 3.64. The smallest absolute Gasteiger partial charge is 0.222 e. The van der Waals surface area contributed by atoms with Gasteiger partial charge in [0, 0.05) is 36.2 Å². The first-order chi connectivity index (χ1) is 13.7. The van der Waals surface area contributed by atoms with Crippen LogP contribution in [0.15, 0.2) is 30.3 Å². The van der Waals surface area contributed by atoms with E-state index >= 15 is 0 Å². The monoisotopic (exact) mass is 377 g/mol. The Morgan fingerprint density at radius 1 is 1.04 bits per heavy atom. The number of aromatic nitrogens is 2. The highest BCUT2D eigenvalue weighted by molar-refractivity contribution is 5.56. The fourth-order valence-corrected chi connectivity index (χ4v) is 5.67. The van der Waals surface area contributed by atoms with Crippen molar-refractivity contribution in [3.05, 3.63) is 47.2 Å². The molecule has 4 unspecified atom stereocenters. The topological polar surface area (TPSA) is 67.1 Å². The largest absolute Gasteiger partial charge is 0.368 e. The van der Waals surface area contributed by atoms with Crippen LogP contribution in [0.4, 0.5) is 11.8 Å². The van der Waals surface area contributed by atoms with Gasteiger partial charge in [0.25, 0.3) is 0 Å². The number of piperazine rings is 1. The van der Waals surface area contributed by atoms with E-state index in [0.717, 1.165) is 25.2 Å². The lowest BCUT2D eigenvalue weighted by Gasteiger charge is -2.48. The molecule has 1 aliphatic heterocycles. The summed E-state index contributed by atoms with van der Waals surface area (Å²) >= 11 is 0. The SMILES string of the molecule is CC1CN(c2nc(N)nc3c2CCCC3c2ccccc2)C2CCCCC2N1. The van der Waals surface area contributed by atoms with Crippen LogP contribution in [0.2, 0.25) is 0 Å². The molecule has 4 atom stereocenters. The zero-order chi connectivity index (χ0) is 19.1. The van der Waals surface area contributed by atoms with Gasteiger partial charge in [-0.15, -0.1) is 0 Å². The minimum Gasteiger partial charge on any atom is -0.368 e. The first kappa shape index (κ1) is 17.9. The van der Waals surface area contributed by atoms with Gasteiger partial charge in [-0.25, -0.2) is 4.98 Å². The van der Waals surface area contributed by atoms with Gasteiger partial charge in [-0.05, 0) is 44.6 Å². The second kappa shape index (κ2) is 7.36. The minimum atomic E-state index is 0.330. The molecule has 2 fully saturated rings. The van der Waals surface area contributed by atoms with E-state index in [4.69, 9.17) is 15.7 Å². The van der Waals surface area contributed by atoms with Crippen molar-refractivity contribution in [2.45, 2.75) is 75.9 Å². The van der Waals surface area contributed by atoms with Gasteiger partial charge in [0.2, 0.25) is 5.95 Å². The summed E-state index contributed by atoms with van der Waals surface area (Å²) in [5.74, 6) is 1.87. The van der Waals surface area contributed by atoms with Crippen molar-refractivity contribution in [1.29, 1.82) is 0 Å². The minimum absolute atomic E-state index is 0.330. The number of nitrogen functional groups attached to an aromatic ring is 1. The number of hydrogen-bond acceptors (Lipinski definition) is 5. The Morgan fingerprint density at radius 2 is 1.86 bits per heavy atom. The molecule has 2 aromatic rings. The summed E-state index contributed by atoms with van der Waals surface area (Å²) in [5, 5.41) is 3.83. The van der Waals surface area contributed by atoms with Crippen molar-refractivity contribution in [2.75, 3.05) is 17.2 Å². The van der Waals surface area contributed by atoms with Crippen LogP contribution >= 0.6 is 0 Å². The van der Waals surface area contributed by atoms with Gasteiger partial charge in [0.1, 0.15) is 5.82 Å². The summed E-state index contributed by atoms with van der Waals surface area (Å²) in [4.78, 5) is 12.2. The molecule has 1 saturated heterocycles. The molecule has 148 valence electrons. The molecule has 0 bridgehead atoms. The molecule has 5 nitrogen and oxygen atoms in total. The van der Waals surface area contributed by atoms with Crippen LogP contribution in [-0.2, 0) is 6.42 Å². The molecule has 5 heteroatoms. The van der Waals surface area contributed by atoms with E-state index in [2.05, 4.69) is 47.5 Å². The van der Waals surface area contributed by atoms with E-state index in [0.29, 0.717) is 30.0 Å². The molecule has 0 radical (unpaired) electrons. The number of nitrogens with one attached hydrogen (secondary N) is 1. The quantitative estimate of drug-likeness (QED) is 0.836. The van der Waals surface area contributed by atoms with Gasteiger partial charge in [0.15, 0.2) is 0 Å². The van der Waals surface area contributed by atoms with Crippen LogP contribution in [0, 0.1) is 0 Å². The summed E-state index contributed by atoms with van der Waals surface area (Å²) < 4.78 is 0. The third-order valence-corrected chi connectivity index (χ3v) is 6.86. The maximum absolute atomic E-state index is 6.27. The lowest BCUT2D eigenvalue weighted by molar-refractivity contribution is 0.250. The molecule has 2 heterocycles. The maximum Gasteiger partial charge on any atom is 0.222 e. The predicted molar refractivity (Wildman–Crippen MR) is 114 cm³/mol.